The third-order valence-electron chi connectivity index (χ3n) is 6.92. The van der Waals surface area contributed by atoms with Crippen molar-refractivity contribution in [3.63, 3.8) is 0 Å². The summed E-state index contributed by atoms with van der Waals surface area (Å²) >= 11 is 0. The lowest BCUT2D eigenvalue weighted by molar-refractivity contribution is -0.142. The van der Waals surface area contributed by atoms with Crippen LogP contribution < -0.4 is 54.8 Å². The topological polar surface area (TPSA) is 426 Å². The summed E-state index contributed by atoms with van der Waals surface area (Å²) in [5.74, 6) is -9.67. The van der Waals surface area contributed by atoms with Crippen molar-refractivity contribution in [1.29, 1.82) is 0 Å². The molecule has 296 valence electrons. The minimum Gasteiger partial charge on any atom is -0.480 e. The molecular formula is C28H51N11O13. The van der Waals surface area contributed by atoms with Crippen LogP contribution in [0.4, 0.5) is 0 Å². The standard InChI is InChI=1S/C28H51N11O13/c1-12(2)6-15(22(46)34-14(27(51)52)4-3-5-33-28(31)32)35-24(48)18(10-42)38-23(47)16(7-20(30)44)36-25(49)19(11-43)39-26(50)17(9-41)37-21(45)13(29)8-40/h12-19,40-43H,3-11,29H2,1-2H3,(H2,30,44)(H,34,46)(H,35,48)(H,36,49)(H,37,45)(H,38,47)(H,39,50)(H,51,52)(H4,31,32,33)/t13-,14-,15-,16-,17-,18-,19-/m0/s1. The quantitative estimate of drug-likeness (QED) is 0.0234. The molecule has 24 heteroatoms. The van der Waals surface area contributed by atoms with E-state index in [1.165, 1.54) is 0 Å². The van der Waals surface area contributed by atoms with Crippen molar-refractivity contribution in [2.45, 2.75) is 81.8 Å². The van der Waals surface area contributed by atoms with E-state index in [4.69, 9.17) is 28.0 Å². The van der Waals surface area contributed by atoms with E-state index in [-0.39, 0.29) is 37.7 Å². The van der Waals surface area contributed by atoms with Crippen molar-refractivity contribution in [3.8, 4) is 0 Å². The number of amides is 7. The molecule has 0 radical (unpaired) electrons. The molecule has 0 rings (SSSR count). The lowest BCUT2D eigenvalue weighted by Gasteiger charge is -2.26. The van der Waals surface area contributed by atoms with Crippen LogP contribution in [0.3, 0.4) is 0 Å². The Hall–Kier alpha value is -5.17. The molecule has 7 amide bonds. The molecule has 0 aliphatic heterocycles. The Kier molecular flexibility index (Phi) is 21.7. The molecule has 0 aromatic carbocycles. The zero-order valence-electron chi connectivity index (χ0n) is 28.7. The summed E-state index contributed by atoms with van der Waals surface area (Å²) in [5.41, 5.74) is 21.0. The lowest BCUT2D eigenvalue weighted by Crippen LogP contribution is -2.61. The van der Waals surface area contributed by atoms with Gasteiger partial charge in [-0.05, 0) is 25.2 Å². The third kappa shape index (κ3) is 17.7. The smallest absolute Gasteiger partial charge is 0.326 e. The molecule has 52 heavy (non-hydrogen) atoms. The van der Waals surface area contributed by atoms with Gasteiger partial charge < -0.3 is 80.4 Å². The van der Waals surface area contributed by atoms with Crippen molar-refractivity contribution < 1.29 is 63.9 Å². The Morgan fingerprint density at radius 1 is 0.577 bits per heavy atom. The number of carboxylic acids is 1. The summed E-state index contributed by atoms with van der Waals surface area (Å²) in [7, 11) is 0. The fraction of sp³-hybridized carbons (Fsp3) is 0.679. The second-order valence-electron chi connectivity index (χ2n) is 11.8. The third-order valence-corrected chi connectivity index (χ3v) is 6.92. The summed E-state index contributed by atoms with van der Waals surface area (Å²) in [6.07, 6.45) is -0.768. The number of hydrogen-bond acceptors (Lipinski definition) is 14. The first-order valence-corrected chi connectivity index (χ1v) is 15.9. The molecule has 0 aliphatic rings. The van der Waals surface area contributed by atoms with Gasteiger partial charge in [-0.3, -0.25) is 38.6 Å². The fourth-order valence-electron chi connectivity index (χ4n) is 4.18. The maximum atomic E-state index is 13.1. The van der Waals surface area contributed by atoms with Gasteiger partial charge in [-0.15, -0.1) is 0 Å². The van der Waals surface area contributed by atoms with E-state index in [1.54, 1.807) is 13.8 Å². The van der Waals surface area contributed by atoms with Gasteiger partial charge in [0.2, 0.25) is 41.4 Å². The van der Waals surface area contributed by atoms with Crippen molar-refractivity contribution in [2.75, 3.05) is 33.0 Å². The largest absolute Gasteiger partial charge is 0.480 e. The number of aliphatic imine (C=N–C) groups is 1. The minimum absolute atomic E-state index is 0.00626. The number of nitrogens with zero attached hydrogens (tertiary/aromatic N) is 1. The number of aliphatic hydroxyl groups excluding tert-OH is 4. The summed E-state index contributed by atoms with van der Waals surface area (Å²) in [5, 5.41) is 60.5. The Labute approximate surface area is 297 Å². The molecule has 0 aliphatic carbocycles. The number of carboxylic acid groups (broad SMARTS) is 1. The number of carbonyl (C=O) groups is 8. The molecule has 0 spiro atoms. The average molecular weight is 750 g/mol. The predicted molar refractivity (Wildman–Crippen MR) is 179 cm³/mol. The van der Waals surface area contributed by atoms with Gasteiger partial charge in [0.05, 0.1) is 32.8 Å². The highest BCUT2D eigenvalue weighted by Crippen LogP contribution is 2.08. The summed E-state index contributed by atoms with van der Waals surface area (Å²) < 4.78 is 0. The number of rotatable bonds is 25. The molecule has 0 fully saturated rings. The molecular weight excluding hydrogens is 698 g/mol. The highest BCUT2D eigenvalue weighted by molar-refractivity contribution is 5.98. The van der Waals surface area contributed by atoms with Crippen LogP contribution >= 0.6 is 0 Å². The van der Waals surface area contributed by atoms with Crippen LogP contribution in [0.25, 0.3) is 0 Å². The monoisotopic (exact) mass is 749 g/mol. The maximum absolute atomic E-state index is 13.1. The summed E-state index contributed by atoms with van der Waals surface area (Å²) in [6.45, 7) is -0.444. The van der Waals surface area contributed by atoms with Crippen LogP contribution in [0, 0.1) is 5.92 Å². The number of guanidine groups is 1. The molecule has 7 atom stereocenters. The Morgan fingerprint density at radius 3 is 1.35 bits per heavy atom. The first kappa shape index (κ1) is 46.8. The Morgan fingerprint density at radius 2 is 0.962 bits per heavy atom. The summed E-state index contributed by atoms with van der Waals surface area (Å²) in [6, 6.07) is -11.3. The molecule has 0 saturated carbocycles. The highest BCUT2D eigenvalue weighted by Gasteiger charge is 2.34. The van der Waals surface area contributed by atoms with Gasteiger partial charge in [0.1, 0.15) is 42.3 Å². The van der Waals surface area contributed by atoms with Crippen LogP contribution in [0.2, 0.25) is 0 Å². The van der Waals surface area contributed by atoms with Gasteiger partial charge in [-0.2, -0.15) is 0 Å². The molecule has 0 aromatic rings. The maximum Gasteiger partial charge on any atom is 0.326 e. The van der Waals surface area contributed by atoms with Gasteiger partial charge in [-0.25, -0.2) is 4.79 Å². The molecule has 19 N–H and O–H groups in total. The molecule has 24 nitrogen and oxygen atoms in total. The second kappa shape index (κ2) is 24.1. The lowest BCUT2D eigenvalue weighted by atomic mass is 10.0. The first-order valence-electron chi connectivity index (χ1n) is 15.9. The number of aliphatic hydroxyl groups is 4. The molecule has 0 bridgehead atoms. The van der Waals surface area contributed by atoms with Crippen LogP contribution in [0.5, 0.6) is 0 Å². The normalized spacial score (nSPS) is 14.9. The van der Waals surface area contributed by atoms with Gasteiger partial charge in [0.25, 0.3) is 0 Å². The molecule has 0 heterocycles. The number of carbonyl (C=O) groups excluding carboxylic acids is 7. The van der Waals surface area contributed by atoms with E-state index in [1.807, 2.05) is 10.6 Å². The van der Waals surface area contributed by atoms with E-state index >= 15 is 0 Å². The molecule has 0 saturated heterocycles. The van der Waals surface area contributed by atoms with Crippen LogP contribution in [0.1, 0.15) is 39.5 Å². The fourth-order valence-corrected chi connectivity index (χ4v) is 4.18. The van der Waals surface area contributed by atoms with Crippen molar-refractivity contribution in [2.24, 2.45) is 33.8 Å². The zero-order valence-corrected chi connectivity index (χ0v) is 28.7. The van der Waals surface area contributed by atoms with Crippen molar-refractivity contribution >= 4 is 53.3 Å². The van der Waals surface area contributed by atoms with Gasteiger partial charge in [0, 0.05) is 6.54 Å². The van der Waals surface area contributed by atoms with Gasteiger partial charge >= 0.3 is 5.97 Å². The minimum atomic E-state index is -1.85. The molecule has 0 unspecified atom stereocenters. The highest BCUT2D eigenvalue weighted by atomic mass is 16.4. The van der Waals surface area contributed by atoms with E-state index in [9.17, 15) is 58.8 Å². The van der Waals surface area contributed by atoms with Crippen molar-refractivity contribution in [1.82, 2.24) is 31.9 Å². The van der Waals surface area contributed by atoms with Gasteiger partial charge in [-0.1, -0.05) is 13.8 Å². The van der Waals surface area contributed by atoms with Crippen LogP contribution in [-0.2, 0) is 38.4 Å². The van der Waals surface area contributed by atoms with E-state index in [0.29, 0.717) is 0 Å². The van der Waals surface area contributed by atoms with Gasteiger partial charge in [0.15, 0.2) is 5.96 Å². The predicted octanol–water partition coefficient (Wildman–Crippen LogP) is -8.75. The Bertz CT molecular complexity index is 1280. The zero-order chi connectivity index (χ0) is 40.1. The number of hydrogen-bond donors (Lipinski definition) is 15. The van der Waals surface area contributed by atoms with Crippen LogP contribution in [0.15, 0.2) is 4.99 Å². The summed E-state index contributed by atoms with van der Waals surface area (Å²) in [4.78, 5) is 104. The Balaban J connectivity index is 5.81. The SMILES string of the molecule is CC(C)C[C@H](NC(=O)[C@H](CO)NC(=O)[C@H](CC(N)=O)NC(=O)[C@H](CO)NC(=O)[C@H](CO)NC(=O)[C@@H](N)CO)C(=O)N[C@@H](CCCN=C(N)N)C(=O)O. The van der Waals surface area contributed by atoms with E-state index < -0.39 is 122 Å². The van der Waals surface area contributed by atoms with E-state index in [2.05, 4.69) is 26.3 Å². The number of nitrogens with two attached hydrogens (primary N) is 4. The number of nitrogens with one attached hydrogen (secondary N) is 6. The van der Waals surface area contributed by atoms with Crippen molar-refractivity contribution in [3.05, 3.63) is 0 Å². The first-order chi connectivity index (χ1) is 24.3. The molecule has 0 aromatic heterocycles. The second-order valence-corrected chi connectivity index (χ2v) is 11.8. The van der Waals surface area contributed by atoms with E-state index in [0.717, 1.165) is 0 Å². The van der Waals surface area contributed by atoms with Crippen LogP contribution in [-0.4, -0.2) is 154 Å². The number of aliphatic carboxylic acids is 1. The average Bonchev–Trinajstić information content (AvgIpc) is 3.07. The number of primary amides is 1.